The summed E-state index contributed by atoms with van der Waals surface area (Å²) in [6.07, 6.45) is 1.05. The molecule has 0 saturated heterocycles. The van der Waals surface area contributed by atoms with Crippen LogP contribution in [0.3, 0.4) is 0 Å². The fourth-order valence-electron chi connectivity index (χ4n) is 2.32. The maximum Gasteiger partial charge on any atom is 0.0843 e. The number of hydrogen-bond acceptors (Lipinski definition) is 1. The second kappa shape index (κ2) is 4.45. The molecule has 96 valence electrons. The van der Waals surface area contributed by atoms with E-state index in [0.717, 1.165) is 12.0 Å². The van der Waals surface area contributed by atoms with Gasteiger partial charge in [0.1, 0.15) is 0 Å². The van der Waals surface area contributed by atoms with E-state index in [-0.39, 0.29) is 5.41 Å². The van der Waals surface area contributed by atoms with Crippen molar-refractivity contribution >= 4 is 0 Å². The van der Waals surface area contributed by atoms with Crippen molar-refractivity contribution in [2.75, 3.05) is 0 Å². The Bertz CT molecular complexity index is 403. The molecule has 0 aliphatic heterocycles. The topological polar surface area (TPSA) is 20.2 Å². The standard InChI is InChI=1S/C16H26O/c1-11-8-13(10-15(3,4)5)12(2)14(9-11)16(6,7)17/h8-9,17H,10H2,1-7H3. The molecule has 0 saturated carbocycles. The lowest BCUT2D eigenvalue weighted by atomic mass is 9.82. The molecule has 0 atom stereocenters. The molecule has 0 bridgehead atoms. The smallest absolute Gasteiger partial charge is 0.0843 e. The highest BCUT2D eigenvalue weighted by atomic mass is 16.3. The molecule has 0 aromatic heterocycles. The highest BCUT2D eigenvalue weighted by molar-refractivity contribution is 5.41. The summed E-state index contributed by atoms with van der Waals surface area (Å²) in [6.45, 7) is 14.7. The van der Waals surface area contributed by atoms with Crippen molar-refractivity contribution in [3.05, 3.63) is 34.4 Å². The maximum absolute atomic E-state index is 10.2. The third-order valence-corrected chi connectivity index (χ3v) is 3.04. The SMILES string of the molecule is Cc1cc(CC(C)(C)C)c(C)c(C(C)(C)O)c1. The number of aryl methyl sites for hydroxylation is 1. The van der Waals surface area contributed by atoms with Crippen molar-refractivity contribution in [2.24, 2.45) is 5.41 Å². The molecule has 1 heteroatoms. The normalized spacial score (nSPS) is 12.9. The molecular weight excluding hydrogens is 208 g/mol. The number of hydrogen-bond donors (Lipinski definition) is 1. The van der Waals surface area contributed by atoms with Gasteiger partial charge in [-0.3, -0.25) is 0 Å². The van der Waals surface area contributed by atoms with Gasteiger partial charge in [0.2, 0.25) is 0 Å². The summed E-state index contributed by atoms with van der Waals surface area (Å²) >= 11 is 0. The van der Waals surface area contributed by atoms with E-state index in [4.69, 9.17) is 0 Å². The first-order valence-corrected chi connectivity index (χ1v) is 6.34. The molecule has 1 aromatic rings. The zero-order valence-corrected chi connectivity index (χ0v) is 12.3. The summed E-state index contributed by atoms with van der Waals surface area (Å²) < 4.78 is 0. The molecule has 0 fully saturated rings. The van der Waals surface area contributed by atoms with Crippen LogP contribution in [0.5, 0.6) is 0 Å². The van der Waals surface area contributed by atoms with E-state index in [9.17, 15) is 5.11 Å². The molecule has 0 aliphatic rings. The Labute approximate surface area is 106 Å². The molecule has 0 amide bonds. The van der Waals surface area contributed by atoms with E-state index in [1.54, 1.807) is 0 Å². The van der Waals surface area contributed by atoms with Gasteiger partial charge in [0.15, 0.2) is 0 Å². The first kappa shape index (κ1) is 14.2. The van der Waals surface area contributed by atoms with E-state index in [2.05, 4.69) is 46.8 Å². The predicted octanol–water partition coefficient (Wildman–Crippen LogP) is 4.12. The van der Waals surface area contributed by atoms with Crippen LogP contribution in [0.25, 0.3) is 0 Å². The van der Waals surface area contributed by atoms with Crippen LogP contribution in [0.15, 0.2) is 12.1 Å². The third-order valence-electron chi connectivity index (χ3n) is 3.04. The summed E-state index contributed by atoms with van der Waals surface area (Å²) in [5.74, 6) is 0. The highest BCUT2D eigenvalue weighted by Gasteiger charge is 2.22. The predicted molar refractivity (Wildman–Crippen MR) is 74.3 cm³/mol. The van der Waals surface area contributed by atoms with Crippen molar-refractivity contribution in [3.63, 3.8) is 0 Å². The van der Waals surface area contributed by atoms with Crippen molar-refractivity contribution in [1.29, 1.82) is 0 Å². The number of aliphatic hydroxyl groups is 1. The van der Waals surface area contributed by atoms with Gasteiger partial charge >= 0.3 is 0 Å². The van der Waals surface area contributed by atoms with Crippen LogP contribution in [0, 0.1) is 19.3 Å². The van der Waals surface area contributed by atoms with Crippen LogP contribution in [-0.4, -0.2) is 5.11 Å². The van der Waals surface area contributed by atoms with Gasteiger partial charge in [0.05, 0.1) is 5.60 Å². The van der Waals surface area contributed by atoms with E-state index < -0.39 is 5.60 Å². The van der Waals surface area contributed by atoms with Crippen LogP contribution in [0.1, 0.15) is 56.9 Å². The van der Waals surface area contributed by atoms with Gasteiger partial charge in [-0.05, 0) is 56.2 Å². The van der Waals surface area contributed by atoms with E-state index >= 15 is 0 Å². The Morgan fingerprint density at radius 3 is 1.94 bits per heavy atom. The van der Waals surface area contributed by atoms with Gasteiger partial charge in [-0.2, -0.15) is 0 Å². The molecule has 0 aliphatic carbocycles. The Morgan fingerprint density at radius 2 is 1.53 bits per heavy atom. The largest absolute Gasteiger partial charge is 0.386 e. The molecule has 1 nitrogen and oxygen atoms in total. The van der Waals surface area contributed by atoms with Gasteiger partial charge in [0, 0.05) is 0 Å². The Balaban J connectivity index is 3.29. The van der Waals surface area contributed by atoms with Crippen LogP contribution in [-0.2, 0) is 12.0 Å². The summed E-state index contributed by atoms with van der Waals surface area (Å²) in [4.78, 5) is 0. The monoisotopic (exact) mass is 234 g/mol. The van der Waals surface area contributed by atoms with Gasteiger partial charge in [-0.1, -0.05) is 38.5 Å². The molecule has 0 radical (unpaired) electrons. The second-order valence-electron chi connectivity index (χ2n) is 6.89. The molecule has 1 rings (SSSR count). The van der Waals surface area contributed by atoms with E-state index in [0.29, 0.717) is 0 Å². The summed E-state index contributed by atoms with van der Waals surface area (Å²) in [5.41, 5.74) is 4.38. The van der Waals surface area contributed by atoms with Gasteiger partial charge in [-0.25, -0.2) is 0 Å². The molecule has 1 aromatic carbocycles. The van der Waals surface area contributed by atoms with Crippen LogP contribution >= 0.6 is 0 Å². The van der Waals surface area contributed by atoms with E-state index in [1.165, 1.54) is 16.7 Å². The zero-order valence-electron chi connectivity index (χ0n) is 12.3. The Kier molecular flexibility index (Phi) is 3.73. The Hall–Kier alpha value is -0.820. The lowest BCUT2D eigenvalue weighted by Gasteiger charge is -2.26. The number of benzene rings is 1. The second-order valence-corrected chi connectivity index (χ2v) is 6.89. The minimum atomic E-state index is -0.761. The Morgan fingerprint density at radius 1 is 1.00 bits per heavy atom. The molecule has 17 heavy (non-hydrogen) atoms. The highest BCUT2D eigenvalue weighted by Crippen LogP contribution is 2.30. The quantitative estimate of drug-likeness (QED) is 0.816. The van der Waals surface area contributed by atoms with Gasteiger partial charge in [0.25, 0.3) is 0 Å². The lowest BCUT2D eigenvalue weighted by Crippen LogP contribution is -2.19. The molecular formula is C16H26O. The summed E-state index contributed by atoms with van der Waals surface area (Å²) in [6, 6.07) is 4.34. The fourth-order valence-corrected chi connectivity index (χ4v) is 2.32. The minimum absolute atomic E-state index is 0.273. The van der Waals surface area contributed by atoms with Gasteiger partial charge < -0.3 is 5.11 Å². The van der Waals surface area contributed by atoms with Crippen molar-refractivity contribution in [3.8, 4) is 0 Å². The average Bonchev–Trinajstić information content (AvgIpc) is 2.06. The summed E-state index contributed by atoms with van der Waals surface area (Å²) in [7, 11) is 0. The van der Waals surface area contributed by atoms with E-state index in [1.807, 2.05) is 13.8 Å². The molecule has 0 spiro atoms. The first-order chi connectivity index (χ1) is 7.50. The fraction of sp³-hybridized carbons (Fsp3) is 0.625. The van der Waals surface area contributed by atoms with Gasteiger partial charge in [-0.15, -0.1) is 0 Å². The van der Waals surface area contributed by atoms with Crippen molar-refractivity contribution in [1.82, 2.24) is 0 Å². The van der Waals surface area contributed by atoms with Crippen molar-refractivity contribution < 1.29 is 5.11 Å². The third kappa shape index (κ3) is 3.85. The van der Waals surface area contributed by atoms with Crippen LogP contribution in [0.4, 0.5) is 0 Å². The average molecular weight is 234 g/mol. The molecule has 0 heterocycles. The first-order valence-electron chi connectivity index (χ1n) is 6.34. The minimum Gasteiger partial charge on any atom is -0.386 e. The van der Waals surface area contributed by atoms with Crippen LogP contribution < -0.4 is 0 Å². The van der Waals surface area contributed by atoms with Crippen LogP contribution in [0.2, 0.25) is 0 Å². The lowest BCUT2D eigenvalue weighted by molar-refractivity contribution is 0.0777. The zero-order chi connectivity index (χ0) is 13.4. The molecule has 1 N–H and O–H groups in total. The maximum atomic E-state index is 10.2. The number of rotatable bonds is 2. The summed E-state index contributed by atoms with van der Waals surface area (Å²) in [5, 5.41) is 10.2. The molecule has 0 unspecified atom stereocenters. The van der Waals surface area contributed by atoms with Crippen molar-refractivity contribution in [2.45, 2.75) is 60.5 Å².